The number of rotatable bonds is 7. The predicted octanol–water partition coefficient (Wildman–Crippen LogP) is 2.64. The topological polar surface area (TPSA) is 15.3 Å². The van der Waals surface area contributed by atoms with Crippen LogP contribution in [0.2, 0.25) is 0 Å². The molecule has 1 heterocycles. The van der Waals surface area contributed by atoms with E-state index in [9.17, 15) is 0 Å². The Hall–Kier alpha value is -0.0800. The van der Waals surface area contributed by atoms with Gasteiger partial charge >= 0.3 is 0 Å². The number of nitrogens with one attached hydrogen (secondary N) is 1. The maximum Gasteiger partial charge on any atom is 0.0107 e. The number of hydrogen-bond donors (Lipinski definition) is 1. The van der Waals surface area contributed by atoms with Crippen LogP contribution < -0.4 is 5.32 Å². The van der Waals surface area contributed by atoms with Gasteiger partial charge in [0.05, 0.1) is 0 Å². The highest BCUT2D eigenvalue weighted by Crippen LogP contribution is 2.08. The molecule has 1 saturated heterocycles. The SMILES string of the molecule is CCCCCNCCN1CCCCCC1. The molecule has 2 heteroatoms. The summed E-state index contributed by atoms with van der Waals surface area (Å²) >= 11 is 0. The maximum absolute atomic E-state index is 3.55. The Morgan fingerprint density at radius 3 is 2.33 bits per heavy atom. The molecule has 0 bridgehead atoms. The van der Waals surface area contributed by atoms with Crippen molar-refractivity contribution in [1.82, 2.24) is 10.2 Å². The first kappa shape index (κ1) is 13.0. The third-order valence-electron chi connectivity index (χ3n) is 3.26. The van der Waals surface area contributed by atoms with Gasteiger partial charge in [0.2, 0.25) is 0 Å². The van der Waals surface area contributed by atoms with Crippen LogP contribution in [-0.2, 0) is 0 Å². The normalized spacial score (nSPS) is 19.0. The summed E-state index contributed by atoms with van der Waals surface area (Å²) in [6.45, 7) is 8.57. The highest BCUT2D eigenvalue weighted by Gasteiger charge is 2.07. The molecule has 90 valence electrons. The molecule has 1 N–H and O–H groups in total. The highest BCUT2D eigenvalue weighted by atomic mass is 15.1. The Kier molecular flexibility index (Phi) is 7.94. The molecule has 0 amide bonds. The minimum atomic E-state index is 1.18. The van der Waals surface area contributed by atoms with Crippen LogP contribution in [0.15, 0.2) is 0 Å². The average molecular weight is 212 g/mol. The molecule has 0 radical (unpaired) electrons. The van der Waals surface area contributed by atoms with E-state index in [-0.39, 0.29) is 0 Å². The van der Waals surface area contributed by atoms with E-state index >= 15 is 0 Å². The average Bonchev–Trinajstić information content (AvgIpc) is 2.52. The Labute approximate surface area is 95.4 Å². The number of likely N-dealkylation sites (tertiary alicyclic amines) is 1. The van der Waals surface area contributed by atoms with E-state index in [2.05, 4.69) is 17.1 Å². The van der Waals surface area contributed by atoms with E-state index in [0.29, 0.717) is 0 Å². The Morgan fingerprint density at radius 2 is 1.67 bits per heavy atom. The van der Waals surface area contributed by atoms with Crippen molar-refractivity contribution in [3.8, 4) is 0 Å². The largest absolute Gasteiger partial charge is 0.315 e. The third-order valence-corrected chi connectivity index (χ3v) is 3.26. The lowest BCUT2D eigenvalue weighted by Crippen LogP contribution is -2.33. The molecule has 1 aliphatic heterocycles. The van der Waals surface area contributed by atoms with E-state index in [4.69, 9.17) is 0 Å². The van der Waals surface area contributed by atoms with Crippen molar-refractivity contribution in [1.29, 1.82) is 0 Å². The minimum absolute atomic E-state index is 1.18. The fourth-order valence-electron chi connectivity index (χ4n) is 2.22. The summed E-state index contributed by atoms with van der Waals surface area (Å²) < 4.78 is 0. The van der Waals surface area contributed by atoms with E-state index in [0.717, 1.165) is 0 Å². The van der Waals surface area contributed by atoms with E-state index in [1.165, 1.54) is 77.7 Å². The zero-order valence-electron chi connectivity index (χ0n) is 10.4. The van der Waals surface area contributed by atoms with Crippen LogP contribution in [0, 0.1) is 0 Å². The minimum Gasteiger partial charge on any atom is -0.315 e. The zero-order valence-corrected chi connectivity index (χ0v) is 10.4. The molecule has 15 heavy (non-hydrogen) atoms. The van der Waals surface area contributed by atoms with Gasteiger partial charge in [-0.3, -0.25) is 0 Å². The fourth-order valence-corrected chi connectivity index (χ4v) is 2.22. The molecule has 0 aliphatic carbocycles. The summed E-state index contributed by atoms with van der Waals surface area (Å²) in [6.07, 6.45) is 9.76. The Morgan fingerprint density at radius 1 is 0.933 bits per heavy atom. The van der Waals surface area contributed by atoms with Crippen LogP contribution in [0.3, 0.4) is 0 Å². The summed E-state index contributed by atoms with van der Waals surface area (Å²) in [5.41, 5.74) is 0. The summed E-state index contributed by atoms with van der Waals surface area (Å²) in [4.78, 5) is 2.62. The van der Waals surface area contributed by atoms with Gasteiger partial charge in [0.15, 0.2) is 0 Å². The fraction of sp³-hybridized carbons (Fsp3) is 1.00. The monoisotopic (exact) mass is 212 g/mol. The first-order valence-corrected chi connectivity index (χ1v) is 6.86. The second-order valence-electron chi connectivity index (χ2n) is 4.71. The highest BCUT2D eigenvalue weighted by molar-refractivity contribution is 4.64. The van der Waals surface area contributed by atoms with Crippen LogP contribution in [0.1, 0.15) is 51.9 Å². The van der Waals surface area contributed by atoms with Crippen LogP contribution in [0.25, 0.3) is 0 Å². The van der Waals surface area contributed by atoms with E-state index in [1.807, 2.05) is 0 Å². The molecule has 0 unspecified atom stereocenters. The molecule has 1 rings (SSSR count). The van der Waals surface area contributed by atoms with Crippen molar-refractivity contribution in [2.75, 3.05) is 32.7 Å². The summed E-state index contributed by atoms with van der Waals surface area (Å²) in [5.74, 6) is 0. The van der Waals surface area contributed by atoms with Gasteiger partial charge in [0, 0.05) is 13.1 Å². The van der Waals surface area contributed by atoms with Crippen LogP contribution in [-0.4, -0.2) is 37.6 Å². The van der Waals surface area contributed by atoms with Crippen molar-refractivity contribution in [2.45, 2.75) is 51.9 Å². The van der Waals surface area contributed by atoms with Crippen LogP contribution in [0.4, 0.5) is 0 Å². The van der Waals surface area contributed by atoms with Gasteiger partial charge in [-0.2, -0.15) is 0 Å². The molecule has 1 fully saturated rings. The summed E-state index contributed by atoms with van der Waals surface area (Å²) in [5, 5.41) is 3.55. The summed E-state index contributed by atoms with van der Waals surface area (Å²) in [7, 11) is 0. The Balaban J connectivity index is 1.89. The number of nitrogens with zero attached hydrogens (tertiary/aromatic N) is 1. The van der Waals surface area contributed by atoms with E-state index < -0.39 is 0 Å². The van der Waals surface area contributed by atoms with Crippen molar-refractivity contribution in [3.05, 3.63) is 0 Å². The Bertz CT molecular complexity index is 128. The molecular formula is C13H28N2. The zero-order chi connectivity index (χ0) is 10.8. The predicted molar refractivity (Wildman–Crippen MR) is 67.3 cm³/mol. The smallest absolute Gasteiger partial charge is 0.0107 e. The molecular weight excluding hydrogens is 184 g/mol. The van der Waals surface area contributed by atoms with Crippen molar-refractivity contribution in [3.63, 3.8) is 0 Å². The molecule has 0 atom stereocenters. The van der Waals surface area contributed by atoms with Gasteiger partial charge in [0.1, 0.15) is 0 Å². The van der Waals surface area contributed by atoms with Crippen LogP contribution in [0.5, 0.6) is 0 Å². The molecule has 1 aliphatic rings. The molecule has 0 aromatic carbocycles. The number of hydrogen-bond acceptors (Lipinski definition) is 2. The number of unbranched alkanes of at least 4 members (excludes halogenated alkanes) is 2. The molecule has 2 nitrogen and oxygen atoms in total. The lowest BCUT2D eigenvalue weighted by molar-refractivity contribution is 0.284. The van der Waals surface area contributed by atoms with Gasteiger partial charge in [0.25, 0.3) is 0 Å². The van der Waals surface area contributed by atoms with Crippen molar-refractivity contribution in [2.24, 2.45) is 0 Å². The summed E-state index contributed by atoms with van der Waals surface area (Å²) in [6, 6.07) is 0. The quantitative estimate of drug-likeness (QED) is 0.653. The maximum atomic E-state index is 3.55. The lowest BCUT2D eigenvalue weighted by Gasteiger charge is -2.19. The van der Waals surface area contributed by atoms with Gasteiger partial charge < -0.3 is 10.2 Å². The lowest BCUT2D eigenvalue weighted by atomic mass is 10.2. The molecule has 0 aromatic rings. The first-order valence-electron chi connectivity index (χ1n) is 6.86. The molecule has 0 spiro atoms. The van der Waals surface area contributed by atoms with E-state index in [1.54, 1.807) is 0 Å². The van der Waals surface area contributed by atoms with Crippen molar-refractivity contribution < 1.29 is 0 Å². The van der Waals surface area contributed by atoms with Crippen LogP contribution >= 0.6 is 0 Å². The van der Waals surface area contributed by atoms with Crippen molar-refractivity contribution >= 4 is 0 Å². The second kappa shape index (κ2) is 9.17. The van der Waals surface area contributed by atoms with Gasteiger partial charge in [-0.05, 0) is 38.9 Å². The van der Waals surface area contributed by atoms with Gasteiger partial charge in [-0.15, -0.1) is 0 Å². The second-order valence-corrected chi connectivity index (χ2v) is 4.71. The van der Waals surface area contributed by atoms with Gasteiger partial charge in [-0.1, -0.05) is 32.6 Å². The molecule has 0 aromatic heterocycles. The third kappa shape index (κ3) is 6.91. The first-order chi connectivity index (χ1) is 7.43. The molecule has 0 saturated carbocycles. The standard InChI is InChI=1S/C13H28N2/c1-2-3-6-9-14-10-13-15-11-7-4-5-8-12-15/h14H,2-13H2,1H3. The van der Waals surface area contributed by atoms with Gasteiger partial charge in [-0.25, -0.2) is 0 Å².